The highest BCUT2D eigenvalue weighted by Crippen LogP contribution is 2.38. The lowest BCUT2D eigenvalue weighted by Gasteiger charge is -2.42. The van der Waals surface area contributed by atoms with E-state index in [4.69, 9.17) is 9.47 Å². The van der Waals surface area contributed by atoms with Crippen molar-refractivity contribution in [1.82, 2.24) is 4.31 Å². The maximum atomic E-state index is 13.8. The molecule has 13 heteroatoms. The third-order valence-electron chi connectivity index (χ3n) is 5.08. The topological polar surface area (TPSA) is 102 Å². The summed E-state index contributed by atoms with van der Waals surface area (Å²) in [6.07, 6.45) is -4.83. The fourth-order valence-corrected chi connectivity index (χ4v) is 5.11. The third kappa shape index (κ3) is 3.97. The smallest absolute Gasteiger partial charge is 0.406 e. The van der Waals surface area contributed by atoms with Crippen molar-refractivity contribution in [3.05, 3.63) is 52.6 Å². The number of halogens is 3. The molecule has 1 fully saturated rings. The molecule has 0 aromatic heterocycles. The number of fused-ring (bicyclic) bond motifs is 1. The molecule has 1 saturated heterocycles. The molecule has 0 bridgehead atoms. The second-order valence-electron chi connectivity index (χ2n) is 6.91. The van der Waals surface area contributed by atoms with Gasteiger partial charge in [0.1, 0.15) is 6.04 Å². The van der Waals surface area contributed by atoms with Crippen molar-refractivity contribution in [3.63, 3.8) is 0 Å². The predicted molar refractivity (Wildman–Crippen MR) is 102 cm³/mol. The third-order valence-corrected chi connectivity index (χ3v) is 7.01. The maximum Gasteiger partial charge on any atom is 0.406 e. The van der Waals surface area contributed by atoms with E-state index in [1.807, 2.05) is 0 Å². The van der Waals surface area contributed by atoms with E-state index in [2.05, 4.69) is 0 Å². The number of hydrogen-bond donors (Lipinski definition) is 0. The average molecular weight is 459 g/mol. The molecule has 0 spiro atoms. The molecule has 0 N–H and O–H groups in total. The van der Waals surface area contributed by atoms with Crippen LogP contribution in [-0.4, -0.2) is 56.3 Å². The first kappa shape index (κ1) is 21.2. The molecular weight excluding hydrogens is 443 g/mol. The highest BCUT2D eigenvalue weighted by Gasteiger charge is 2.51. The van der Waals surface area contributed by atoms with Crippen LogP contribution in [-0.2, 0) is 10.0 Å². The number of benzene rings is 2. The highest BCUT2D eigenvalue weighted by molar-refractivity contribution is 7.89. The van der Waals surface area contributed by atoms with Crippen molar-refractivity contribution >= 4 is 21.4 Å². The number of nitro benzene ring substituents is 1. The van der Waals surface area contributed by atoms with E-state index in [1.54, 1.807) is 18.2 Å². The number of rotatable bonds is 4. The van der Waals surface area contributed by atoms with Gasteiger partial charge in [-0.3, -0.25) is 10.1 Å². The molecule has 4 rings (SSSR count). The summed E-state index contributed by atoms with van der Waals surface area (Å²) in [6, 6.07) is 6.18. The zero-order valence-corrected chi connectivity index (χ0v) is 16.6. The van der Waals surface area contributed by atoms with Crippen LogP contribution in [0.5, 0.6) is 11.5 Å². The summed E-state index contributed by atoms with van der Waals surface area (Å²) in [5, 5.41) is 10.8. The average Bonchev–Trinajstić information content (AvgIpc) is 3.20. The van der Waals surface area contributed by atoms with Crippen LogP contribution in [0.15, 0.2) is 47.4 Å². The van der Waals surface area contributed by atoms with E-state index in [9.17, 15) is 31.7 Å². The van der Waals surface area contributed by atoms with Gasteiger partial charge in [-0.1, -0.05) is 0 Å². The fraction of sp³-hybridized carbons (Fsp3) is 0.333. The maximum absolute atomic E-state index is 13.8. The van der Waals surface area contributed by atoms with Gasteiger partial charge in [-0.05, 0) is 24.3 Å². The summed E-state index contributed by atoms with van der Waals surface area (Å²) in [7, 11) is -4.53. The molecule has 0 saturated carbocycles. The first-order valence-electron chi connectivity index (χ1n) is 9.05. The summed E-state index contributed by atoms with van der Waals surface area (Å²) >= 11 is 0. The number of non-ortho nitro benzene ring substituents is 1. The van der Waals surface area contributed by atoms with Gasteiger partial charge in [0.05, 0.1) is 9.82 Å². The Hall–Kier alpha value is -3.06. The Morgan fingerprint density at radius 1 is 1.03 bits per heavy atom. The van der Waals surface area contributed by atoms with Crippen molar-refractivity contribution in [1.29, 1.82) is 0 Å². The molecule has 2 aliphatic heterocycles. The van der Waals surface area contributed by atoms with Gasteiger partial charge in [-0.25, -0.2) is 8.42 Å². The van der Waals surface area contributed by atoms with Crippen LogP contribution in [0.3, 0.4) is 0 Å². The molecule has 166 valence electrons. The zero-order chi connectivity index (χ0) is 22.4. The molecule has 2 aromatic carbocycles. The van der Waals surface area contributed by atoms with Gasteiger partial charge < -0.3 is 14.4 Å². The number of nitro groups is 1. The van der Waals surface area contributed by atoms with Gasteiger partial charge >= 0.3 is 6.18 Å². The Bertz CT molecular complexity index is 1110. The van der Waals surface area contributed by atoms with Crippen molar-refractivity contribution in [2.45, 2.75) is 17.1 Å². The summed E-state index contributed by atoms with van der Waals surface area (Å²) in [4.78, 5) is 11.0. The van der Waals surface area contributed by atoms with Crippen LogP contribution in [0, 0.1) is 10.1 Å². The van der Waals surface area contributed by atoms with Gasteiger partial charge in [-0.2, -0.15) is 17.5 Å². The summed E-state index contributed by atoms with van der Waals surface area (Å²) in [6.45, 7) is -1.00. The lowest BCUT2D eigenvalue weighted by Crippen LogP contribution is -2.60. The largest absolute Gasteiger partial charge is 0.454 e. The van der Waals surface area contributed by atoms with Gasteiger partial charge in [-0.15, -0.1) is 0 Å². The Kier molecular flexibility index (Phi) is 5.17. The van der Waals surface area contributed by atoms with Crippen molar-refractivity contribution in [3.8, 4) is 11.5 Å². The monoisotopic (exact) mass is 459 g/mol. The van der Waals surface area contributed by atoms with E-state index in [0.29, 0.717) is 21.5 Å². The summed E-state index contributed by atoms with van der Waals surface area (Å²) in [5.74, 6) is 0.887. The Balaban J connectivity index is 1.62. The van der Waals surface area contributed by atoms with Crippen molar-refractivity contribution in [2.24, 2.45) is 0 Å². The van der Waals surface area contributed by atoms with E-state index in [0.717, 1.165) is 24.3 Å². The van der Waals surface area contributed by atoms with E-state index < -0.39 is 45.1 Å². The lowest BCUT2D eigenvalue weighted by atomic mass is 10.1. The number of piperazine rings is 1. The van der Waals surface area contributed by atoms with Crippen LogP contribution in [0.2, 0.25) is 0 Å². The first-order chi connectivity index (χ1) is 14.6. The molecule has 0 radical (unpaired) electrons. The number of ether oxygens (including phenoxy) is 2. The van der Waals surface area contributed by atoms with Gasteiger partial charge in [0, 0.05) is 43.5 Å². The first-order valence-corrected chi connectivity index (χ1v) is 10.5. The van der Waals surface area contributed by atoms with E-state index in [1.165, 1.54) is 4.90 Å². The minimum absolute atomic E-state index is 0.0123. The second-order valence-corrected chi connectivity index (χ2v) is 8.80. The van der Waals surface area contributed by atoms with Crippen molar-refractivity contribution in [2.75, 3.05) is 31.3 Å². The SMILES string of the molecule is O=[N+]([O-])c1ccc(S(=O)(=O)N2CCN(c3ccc4c(c3)OCO4)CC2C(F)(F)F)cc1. The standard InChI is InChI=1S/C18H16F3N3O6S/c19-18(20,21)17-10-22(13-3-6-15-16(9-13)30-11-29-15)7-8-23(17)31(27,28)14-4-1-12(2-5-14)24(25)26/h1-6,9,17H,7-8,10-11H2. The van der Waals surface area contributed by atoms with Gasteiger partial charge in [0.15, 0.2) is 11.5 Å². The normalized spacial score (nSPS) is 19.5. The Labute approximate surface area is 174 Å². The molecule has 0 amide bonds. The Morgan fingerprint density at radius 3 is 2.35 bits per heavy atom. The molecule has 1 atom stereocenters. The fourth-order valence-electron chi connectivity index (χ4n) is 3.51. The van der Waals surface area contributed by atoms with Crippen LogP contribution in [0.25, 0.3) is 0 Å². The molecule has 0 aliphatic carbocycles. The minimum atomic E-state index is -4.83. The van der Waals surface area contributed by atoms with Crippen LogP contribution in [0.1, 0.15) is 0 Å². The molecule has 31 heavy (non-hydrogen) atoms. The summed E-state index contributed by atoms with van der Waals surface area (Å²) in [5.41, 5.74) is 0.0878. The van der Waals surface area contributed by atoms with Crippen LogP contribution >= 0.6 is 0 Å². The number of hydrogen-bond acceptors (Lipinski definition) is 7. The zero-order valence-electron chi connectivity index (χ0n) is 15.8. The highest BCUT2D eigenvalue weighted by atomic mass is 32.2. The molecule has 2 heterocycles. The number of nitrogens with zero attached hydrogens (tertiary/aromatic N) is 3. The quantitative estimate of drug-likeness (QED) is 0.512. The summed E-state index contributed by atoms with van der Waals surface area (Å²) < 4.78 is 78.3. The Morgan fingerprint density at radius 2 is 1.71 bits per heavy atom. The molecule has 9 nitrogen and oxygen atoms in total. The molecule has 2 aromatic rings. The van der Waals surface area contributed by atoms with E-state index >= 15 is 0 Å². The molecule has 1 unspecified atom stereocenters. The number of alkyl halides is 3. The minimum Gasteiger partial charge on any atom is -0.454 e. The lowest BCUT2D eigenvalue weighted by molar-refractivity contribution is -0.384. The van der Waals surface area contributed by atoms with E-state index in [-0.39, 0.29) is 19.0 Å². The number of anilines is 1. The van der Waals surface area contributed by atoms with Crippen molar-refractivity contribution < 1.29 is 36.0 Å². The molecule has 2 aliphatic rings. The number of sulfonamides is 1. The van der Waals surface area contributed by atoms with Gasteiger partial charge in [0.2, 0.25) is 16.8 Å². The molecular formula is C18H16F3N3O6S. The second kappa shape index (κ2) is 7.57. The van der Waals surface area contributed by atoms with Gasteiger partial charge in [0.25, 0.3) is 5.69 Å². The van der Waals surface area contributed by atoms with Crippen LogP contribution in [0.4, 0.5) is 24.5 Å². The van der Waals surface area contributed by atoms with Crippen LogP contribution < -0.4 is 14.4 Å². The predicted octanol–water partition coefficient (Wildman–Crippen LogP) is 2.77.